The Labute approximate surface area is 229 Å². The number of fused-ring (bicyclic) bond motifs is 1. The zero-order valence-electron chi connectivity index (χ0n) is 17.7. The first-order chi connectivity index (χ1) is 16.4. The maximum atomic E-state index is 12.6. The normalized spacial score (nSPS) is 11.2. The maximum absolute atomic E-state index is 12.6. The third-order valence-electron chi connectivity index (χ3n) is 5.03. The largest absolute Gasteiger partial charge is 0.487 e. The smallest absolute Gasteiger partial charge is 0.266 e. The fraction of sp³-hybridized carbons (Fsp3) is 0.0370. The molecule has 0 spiro atoms. The van der Waals surface area contributed by atoms with Crippen molar-refractivity contribution in [2.24, 2.45) is 0 Å². The van der Waals surface area contributed by atoms with Crippen molar-refractivity contribution in [3.05, 3.63) is 108 Å². The molecule has 0 heterocycles. The zero-order valence-corrected chi connectivity index (χ0v) is 22.8. The van der Waals surface area contributed by atoms with E-state index in [1.165, 1.54) is 10.8 Å². The number of halogens is 3. The van der Waals surface area contributed by atoms with Crippen LogP contribution in [0.25, 0.3) is 16.8 Å². The third-order valence-corrected chi connectivity index (χ3v) is 6.87. The maximum Gasteiger partial charge on any atom is 0.266 e. The topological polar surface area (TPSA) is 62.1 Å². The summed E-state index contributed by atoms with van der Waals surface area (Å²) in [6.45, 7) is 0.439. The summed E-state index contributed by atoms with van der Waals surface area (Å²) in [6.07, 6.45) is 1.57. The quantitative estimate of drug-likeness (QED) is 0.128. The lowest BCUT2D eigenvalue weighted by molar-refractivity contribution is -0.112. The monoisotopic (exact) mass is 690 g/mol. The first-order valence-electron chi connectivity index (χ1n) is 10.2. The standard InChI is InChI=1S/C27H17ClI2N2O2/c28-21-8-4-9-22(14-21)32-27(33)20(15-31)11-17-12-24(29)26(25(30)13-17)34-16-19-7-3-6-18-5-1-2-10-23(18)19/h1-14H,16H2,(H,32,33)/b20-11+. The molecule has 4 rings (SSSR count). The molecule has 0 saturated carbocycles. The minimum absolute atomic E-state index is 0.00370. The Balaban J connectivity index is 1.53. The van der Waals surface area contributed by atoms with Gasteiger partial charge in [-0.3, -0.25) is 4.79 Å². The molecule has 0 aliphatic heterocycles. The molecule has 0 atom stereocenters. The highest BCUT2D eigenvalue weighted by molar-refractivity contribution is 14.1. The Kier molecular flexibility index (Phi) is 8.08. The second-order valence-corrected chi connectivity index (χ2v) is 10.1. The van der Waals surface area contributed by atoms with Crippen molar-refractivity contribution in [2.75, 3.05) is 5.32 Å². The van der Waals surface area contributed by atoms with Crippen LogP contribution in [0.3, 0.4) is 0 Å². The van der Waals surface area contributed by atoms with Gasteiger partial charge in [-0.2, -0.15) is 5.26 Å². The van der Waals surface area contributed by atoms with Crippen LogP contribution in [0, 0.1) is 18.5 Å². The van der Waals surface area contributed by atoms with E-state index < -0.39 is 5.91 Å². The summed E-state index contributed by atoms with van der Waals surface area (Å²) in [4.78, 5) is 12.6. The van der Waals surface area contributed by atoms with Gasteiger partial charge in [-0.15, -0.1) is 0 Å². The molecule has 1 N–H and O–H groups in total. The molecule has 4 aromatic rings. The van der Waals surface area contributed by atoms with Crippen molar-refractivity contribution in [3.63, 3.8) is 0 Å². The molecule has 7 heteroatoms. The Morgan fingerprint density at radius 2 is 1.71 bits per heavy atom. The van der Waals surface area contributed by atoms with Gasteiger partial charge in [0.25, 0.3) is 5.91 Å². The van der Waals surface area contributed by atoms with Gasteiger partial charge in [-0.25, -0.2) is 0 Å². The van der Waals surface area contributed by atoms with E-state index in [0.717, 1.165) is 24.0 Å². The molecule has 0 fully saturated rings. The van der Waals surface area contributed by atoms with Crippen LogP contribution in [0.5, 0.6) is 5.75 Å². The van der Waals surface area contributed by atoms with Gasteiger partial charge >= 0.3 is 0 Å². The molecule has 0 unspecified atom stereocenters. The molecule has 0 aliphatic rings. The van der Waals surface area contributed by atoms with Gasteiger partial charge in [-0.05, 0) is 103 Å². The molecular weight excluding hydrogens is 674 g/mol. The van der Waals surface area contributed by atoms with Gasteiger partial charge < -0.3 is 10.1 Å². The van der Waals surface area contributed by atoms with Crippen LogP contribution in [0.4, 0.5) is 5.69 Å². The number of nitriles is 1. The molecule has 0 aliphatic carbocycles. The van der Waals surface area contributed by atoms with Gasteiger partial charge in [0.2, 0.25) is 0 Å². The van der Waals surface area contributed by atoms with Crippen LogP contribution in [0.15, 0.2) is 84.4 Å². The Bertz CT molecular complexity index is 1430. The molecule has 1 amide bonds. The fourth-order valence-electron chi connectivity index (χ4n) is 3.45. The van der Waals surface area contributed by atoms with Crippen molar-refractivity contribution in [2.45, 2.75) is 6.61 Å². The lowest BCUT2D eigenvalue weighted by atomic mass is 10.1. The average Bonchev–Trinajstić information content (AvgIpc) is 2.82. The van der Waals surface area contributed by atoms with Crippen molar-refractivity contribution < 1.29 is 9.53 Å². The number of carbonyl (C=O) groups excluding carboxylic acids is 1. The fourth-order valence-corrected chi connectivity index (χ4v) is 5.77. The van der Waals surface area contributed by atoms with Crippen LogP contribution >= 0.6 is 56.8 Å². The van der Waals surface area contributed by atoms with Crippen LogP contribution in [0.2, 0.25) is 5.02 Å². The number of anilines is 1. The number of amides is 1. The Morgan fingerprint density at radius 1 is 1.00 bits per heavy atom. The van der Waals surface area contributed by atoms with Gasteiger partial charge in [-0.1, -0.05) is 60.1 Å². The van der Waals surface area contributed by atoms with E-state index in [9.17, 15) is 10.1 Å². The first-order valence-corrected chi connectivity index (χ1v) is 12.8. The molecule has 168 valence electrons. The third kappa shape index (κ3) is 5.90. The summed E-state index contributed by atoms with van der Waals surface area (Å²) in [5, 5.41) is 15.1. The second-order valence-electron chi connectivity index (χ2n) is 7.37. The number of ether oxygens (including phenoxy) is 1. The minimum atomic E-state index is -0.494. The summed E-state index contributed by atoms with van der Waals surface area (Å²) in [7, 11) is 0. The molecule has 0 bridgehead atoms. The summed E-state index contributed by atoms with van der Waals surface area (Å²) in [5.74, 6) is 0.277. The number of nitrogens with one attached hydrogen (secondary N) is 1. The number of hydrogen-bond acceptors (Lipinski definition) is 3. The predicted molar refractivity (Wildman–Crippen MR) is 154 cm³/mol. The highest BCUT2D eigenvalue weighted by atomic mass is 127. The van der Waals surface area contributed by atoms with Crippen LogP contribution < -0.4 is 10.1 Å². The molecule has 4 nitrogen and oxygen atoms in total. The van der Waals surface area contributed by atoms with Crippen molar-refractivity contribution in [1.29, 1.82) is 5.26 Å². The molecule has 4 aromatic carbocycles. The van der Waals surface area contributed by atoms with Crippen molar-refractivity contribution in [3.8, 4) is 11.8 Å². The van der Waals surface area contributed by atoms with E-state index in [-0.39, 0.29) is 5.57 Å². The van der Waals surface area contributed by atoms with E-state index in [1.54, 1.807) is 30.3 Å². The highest BCUT2D eigenvalue weighted by Gasteiger charge is 2.13. The van der Waals surface area contributed by atoms with Gasteiger partial charge in [0.05, 0.1) is 7.14 Å². The van der Waals surface area contributed by atoms with Crippen molar-refractivity contribution >= 4 is 85.2 Å². The molecule has 0 radical (unpaired) electrons. The van der Waals surface area contributed by atoms with E-state index in [2.05, 4.69) is 74.8 Å². The van der Waals surface area contributed by atoms with Gasteiger partial charge in [0.1, 0.15) is 24.0 Å². The summed E-state index contributed by atoms with van der Waals surface area (Å²) in [6, 6.07) is 27.0. The number of nitrogens with zero attached hydrogens (tertiary/aromatic N) is 1. The number of hydrogen-bond donors (Lipinski definition) is 1. The summed E-state index contributed by atoms with van der Waals surface area (Å²) >= 11 is 10.4. The van der Waals surface area contributed by atoms with Gasteiger partial charge in [0, 0.05) is 10.7 Å². The van der Waals surface area contributed by atoms with Crippen LogP contribution in [-0.2, 0) is 11.4 Å². The Morgan fingerprint density at radius 3 is 2.44 bits per heavy atom. The summed E-state index contributed by atoms with van der Waals surface area (Å²) < 4.78 is 7.98. The van der Waals surface area contributed by atoms with E-state index in [0.29, 0.717) is 17.3 Å². The number of rotatable bonds is 6. The lowest BCUT2D eigenvalue weighted by Crippen LogP contribution is -2.13. The minimum Gasteiger partial charge on any atom is -0.487 e. The number of benzene rings is 4. The van der Waals surface area contributed by atoms with Crippen LogP contribution in [-0.4, -0.2) is 5.91 Å². The molecular formula is C27H17ClI2N2O2. The highest BCUT2D eigenvalue weighted by Crippen LogP contribution is 2.31. The average molecular weight is 691 g/mol. The first kappa shape index (κ1) is 24.5. The van der Waals surface area contributed by atoms with E-state index in [1.807, 2.05) is 36.4 Å². The van der Waals surface area contributed by atoms with Crippen LogP contribution in [0.1, 0.15) is 11.1 Å². The van der Waals surface area contributed by atoms with E-state index in [4.69, 9.17) is 16.3 Å². The van der Waals surface area contributed by atoms with Gasteiger partial charge in [0.15, 0.2) is 0 Å². The number of carbonyl (C=O) groups is 1. The van der Waals surface area contributed by atoms with E-state index >= 15 is 0 Å². The zero-order chi connectivity index (χ0) is 24.1. The predicted octanol–water partition coefficient (Wildman–Crippen LogP) is 7.83. The lowest BCUT2D eigenvalue weighted by Gasteiger charge is -2.13. The second kappa shape index (κ2) is 11.2. The SMILES string of the molecule is N#C/C(=C\c1cc(I)c(OCc2cccc3ccccc23)c(I)c1)C(=O)Nc1cccc(Cl)c1. The van der Waals surface area contributed by atoms with Crippen molar-refractivity contribution in [1.82, 2.24) is 0 Å². The molecule has 0 aromatic heterocycles. The summed E-state index contributed by atoms with van der Waals surface area (Å²) in [5.41, 5.74) is 2.37. The molecule has 34 heavy (non-hydrogen) atoms. The molecule has 0 saturated heterocycles. The Hall–Kier alpha value is -2.61.